The summed E-state index contributed by atoms with van der Waals surface area (Å²) in [5.41, 5.74) is 4.52. The normalized spacial score (nSPS) is 17.8. The molecule has 0 bridgehead atoms. The van der Waals surface area contributed by atoms with Gasteiger partial charge in [-0.3, -0.25) is 9.59 Å². The Hall–Kier alpha value is -2.03. The number of amides is 2. The van der Waals surface area contributed by atoms with E-state index in [0.717, 1.165) is 11.5 Å². The van der Waals surface area contributed by atoms with Crippen LogP contribution in [0.1, 0.15) is 0 Å². The fourth-order valence-corrected chi connectivity index (χ4v) is 1.12. The number of hydrogen-bond donors (Lipinski definition) is 2. The van der Waals surface area contributed by atoms with Crippen LogP contribution in [0.25, 0.3) is 0 Å². The third kappa shape index (κ3) is 4.00. The van der Waals surface area contributed by atoms with Crippen LogP contribution in [0, 0.1) is 0 Å². The Bertz CT molecular complexity index is 417. The number of nitrogens with two attached hydrogens (primary N) is 1. The van der Waals surface area contributed by atoms with E-state index in [0.29, 0.717) is 0 Å². The Balaban J connectivity index is 0.000000165. The molecule has 2 heterocycles. The lowest BCUT2D eigenvalue weighted by atomic mass is 10.3. The van der Waals surface area contributed by atoms with Gasteiger partial charge in [0.15, 0.2) is 6.10 Å². The summed E-state index contributed by atoms with van der Waals surface area (Å²) >= 11 is 1.16. The van der Waals surface area contributed by atoms with E-state index < -0.39 is 18.1 Å². The zero-order chi connectivity index (χ0) is 12.0. The number of alkyl carbamates (subject to hydrolysis) is 1. The first kappa shape index (κ1) is 12.0. The minimum absolute atomic E-state index is 0.189. The monoisotopic (exact) mass is 244 g/mol. The highest BCUT2D eigenvalue weighted by Gasteiger charge is 2.26. The molecule has 1 unspecified atom stereocenters. The molecule has 0 radical (unpaired) electrons. The number of carbonyl (C=O) groups excluding carboxylic acids is 2. The predicted molar refractivity (Wildman–Crippen MR) is 53.6 cm³/mol. The fraction of sp³-hybridized carbons (Fsp3) is 0.286. The van der Waals surface area contributed by atoms with Crippen LogP contribution in [0.3, 0.4) is 0 Å². The van der Waals surface area contributed by atoms with Crippen molar-refractivity contribution in [1.82, 2.24) is 14.9 Å². The maximum absolute atomic E-state index is 10.3. The molecule has 0 spiro atoms. The molecule has 86 valence electrons. The minimum Gasteiger partial charge on any atom is -0.434 e. The van der Waals surface area contributed by atoms with Gasteiger partial charge in [0.1, 0.15) is 0 Å². The van der Waals surface area contributed by atoms with Crippen molar-refractivity contribution < 1.29 is 14.3 Å². The van der Waals surface area contributed by atoms with Crippen molar-refractivity contribution in [3.8, 4) is 0 Å². The number of aromatic nitrogens is 2. The molecule has 1 fully saturated rings. The summed E-state index contributed by atoms with van der Waals surface area (Å²) in [7, 11) is 0. The largest absolute Gasteiger partial charge is 0.434 e. The molecule has 0 aliphatic carbocycles. The number of nitrogens with one attached hydrogen (secondary N) is 1. The molecule has 0 saturated carbocycles. The second-order valence-corrected chi connectivity index (χ2v) is 3.25. The van der Waals surface area contributed by atoms with Crippen LogP contribution in [-0.2, 0) is 9.53 Å². The second-order valence-electron chi connectivity index (χ2n) is 2.61. The van der Waals surface area contributed by atoms with Crippen molar-refractivity contribution in [2.45, 2.75) is 6.10 Å². The molecule has 2 amide bonds. The van der Waals surface area contributed by atoms with Crippen molar-refractivity contribution in [2.75, 3.05) is 6.54 Å². The molecule has 16 heavy (non-hydrogen) atoms. The van der Waals surface area contributed by atoms with Crippen LogP contribution in [0.4, 0.5) is 4.79 Å². The molecule has 1 saturated heterocycles. The summed E-state index contributed by atoms with van der Waals surface area (Å²) in [6.07, 6.45) is -1.36. The SMILES string of the molecule is NC(=O)C1CNC(=O)O1.O=c1ccsnn1. The predicted octanol–water partition coefficient (Wildman–Crippen LogP) is -1.52. The summed E-state index contributed by atoms with van der Waals surface area (Å²) in [5, 5.41) is 7.07. The fourth-order valence-electron chi connectivity index (χ4n) is 0.760. The van der Waals surface area contributed by atoms with Crippen LogP contribution < -0.4 is 16.6 Å². The zero-order valence-corrected chi connectivity index (χ0v) is 8.77. The Kier molecular flexibility index (Phi) is 4.33. The average Bonchev–Trinajstić information content (AvgIpc) is 2.67. The Morgan fingerprint density at radius 1 is 1.62 bits per heavy atom. The summed E-state index contributed by atoms with van der Waals surface area (Å²) in [6, 6.07) is 1.37. The van der Waals surface area contributed by atoms with E-state index in [-0.39, 0.29) is 12.1 Å². The number of hydrogen-bond acceptors (Lipinski definition) is 7. The molecule has 0 aromatic carbocycles. The Morgan fingerprint density at radius 2 is 2.38 bits per heavy atom. The summed E-state index contributed by atoms with van der Waals surface area (Å²) in [5.74, 6) is -0.617. The molecule has 3 N–H and O–H groups in total. The molecule has 9 heteroatoms. The van der Waals surface area contributed by atoms with E-state index in [2.05, 4.69) is 19.6 Å². The first-order chi connectivity index (χ1) is 7.59. The van der Waals surface area contributed by atoms with Crippen LogP contribution in [0.5, 0.6) is 0 Å². The quantitative estimate of drug-likeness (QED) is 0.618. The van der Waals surface area contributed by atoms with Crippen LogP contribution in [0.15, 0.2) is 16.2 Å². The number of rotatable bonds is 1. The maximum Gasteiger partial charge on any atom is 0.408 e. The van der Waals surface area contributed by atoms with Gasteiger partial charge in [0, 0.05) is 11.4 Å². The van der Waals surface area contributed by atoms with Crippen molar-refractivity contribution in [3.05, 3.63) is 21.8 Å². The van der Waals surface area contributed by atoms with E-state index in [4.69, 9.17) is 5.73 Å². The Labute approximate surface area is 93.6 Å². The van der Waals surface area contributed by atoms with Crippen molar-refractivity contribution in [1.29, 1.82) is 0 Å². The van der Waals surface area contributed by atoms with Gasteiger partial charge in [0.2, 0.25) is 0 Å². The van der Waals surface area contributed by atoms with Gasteiger partial charge in [-0.1, -0.05) is 9.59 Å². The van der Waals surface area contributed by atoms with E-state index in [9.17, 15) is 14.4 Å². The first-order valence-corrected chi connectivity index (χ1v) is 4.94. The highest BCUT2D eigenvalue weighted by atomic mass is 32.1. The van der Waals surface area contributed by atoms with Gasteiger partial charge in [-0.15, -0.1) is 0 Å². The second kappa shape index (κ2) is 5.75. The first-order valence-electron chi connectivity index (χ1n) is 4.11. The smallest absolute Gasteiger partial charge is 0.408 e. The van der Waals surface area contributed by atoms with Gasteiger partial charge in [-0.25, -0.2) is 4.79 Å². The highest BCUT2D eigenvalue weighted by molar-refractivity contribution is 7.03. The molecule has 1 aromatic rings. The van der Waals surface area contributed by atoms with E-state index in [1.807, 2.05) is 0 Å². The highest BCUT2D eigenvalue weighted by Crippen LogP contribution is 1.97. The maximum atomic E-state index is 10.3. The topological polar surface area (TPSA) is 124 Å². The summed E-state index contributed by atoms with van der Waals surface area (Å²) in [6.45, 7) is 0.189. The number of primary amides is 1. The molecule has 2 rings (SSSR count). The molecular weight excluding hydrogens is 236 g/mol. The standard InChI is InChI=1S/C4H6N2O3.C3H2N2OS/c5-3(7)2-1-6-4(8)9-2;6-3-1-2-7-5-4-3/h2H,1H2,(H2,5,7)(H,6,8);1-2H. The van der Waals surface area contributed by atoms with Crippen molar-refractivity contribution in [2.24, 2.45) is 5.73 Å². The van der Waals surface area contributed by atoms with Gasteiger partial charge >= 0.3 is 6.09 Å². The molecule has 1 atom stereocenters. The number of cyclic esters (lactones) is 1. The van der Waals surface area contributed by atoms with E-state index in [1.165, 1.54) is 6.07 Å². The Morgan fingerprint density at radius 3 is 2.62 bits per heavy atom. The third-order valence-electron chi connectivity index (χ3n) is 1.46. The van der Waals surface area contributed by atoms with Crippen LogP contribution in [0.2, 0.25) is 0 Å². The van der Waals surface area contributed by atoms with E-state index in [1.54, 1.807) is 5.38 Å². The molecule has 1 aromatic heterocycles. The average molecular weight is 244 g/mol. The molecule has 1 aliphatic heterocycles. The van der Waals surface area contributed by atoms with Crippen molar-refractivity contribution in [3.63, 3.8) is 0 Å². The summed E-state index contributed by atoms with van der Waals surface area (Å²) in [4.78, 5) is 30.6. The summed E-state index contributed by atoms with van der Waals surface area (Å²) < 4.78 is 7.76. The van der Waals surface area contributed by atoms with Crippen LogP contribution >= 0.6 is 11.5 Å². The minimum atomic E-state index is -0.780. The zero-order valence-electron chi connectivity index (χ0n) is 7.95. The van der Waals surface area contributed by atoms with Crippen molar-refractivity contribution >= 4 is 23.5 Å². The van der Waals surface area contributed by atoms with Gasteiger partial charge in [-0.2, -0.15) is 0 Å². The van der Waals surface area contributed by atoms with E-state index >= 15 is 0 Å². The third-order valence-corrected chi connectivity index (χ3v) is 1.89. The lowest BCUT2D eigenvalue weighted by molar-refractivity contribution is -0.124. The number of ether oxygens (including phenoxy) is 1. The lowest BCUT2D eigenvalue weighted by Gasteiger charge is -1.98. The number of nitrogens with zero attached hydrogens (tertiary/aromatic N) is 2. The van der Waals surface area contributed by atoms with Gasteiger partial charge < -0.3 is 15.8 Å². The van der Waals surface area contributed by atoms with Gasteiger partial charge in [0.25, 0.3) is 11.5 Å². The van der Waals surface area contributed by atoms with Crippen LogP contribution in [-0.4, -0.2) is 34.2 Å². The number of carbonyl (C=O) groups is 2. The van der Waals surface area contributed by atoms with Gasteiger partial charge in [0.05, 0.1) is 6.54 Å². The molecular formula is C7H8N4O4S. The molecule has 8 nitrogen and oxygen atoms in total. The lowest BCUT2D eigenvalue weighted by Crippen LogP contribution is -2.31. The van der Waals surface area contributed by atoms with Gasteiger partial charge in [-0.05, 0) is 11.5 Å². The molecule has 1 aliphatic rings.